The van der Waals surface area contributed by atoms with Crippen molar-refractivity contribution in [2.45, 2.75) is 38.0 Å². The standard InChI is InChI=1S/C14H17NO2/c1-2-9-14(11-6-4-3-5-7-11)10-8-12(16)15-13(14)17/h3-7H,2,8-10H2,1H3,(H,15,16,17)/t14-/m0/s1. The highest BCUT2D eigenvalue weighted by Gasteiger charge is 2.43. The summed E-state index contributed by atoms with van der Waals surface area (Å²) in [7, 11) is 0. The van der Waals surface area contributed by atoms with Gasteiger partial charge in [0.1, 0.15) is 0 Å². The normalized spacial score (nSPS) is 24.5. The number of carbonyl (C=O) groups is 2. The third kappa shape index (κ3) is 2.09. The summed E-state index contributed by atoms with van der Waals surface area (Å²) in [5.74, 6) is -0.292. The zero-order valence-electron chi connectivity index (χ0n) is 10.0. The largest absolute Gasteiger partial charge is 0.296 e. The lowest BCUT2D eigenvalue weighted by atomic mass is 9.71. The number of nitrogens with one attached hydrogen (secondary N) is 1. The summed E-state index contributed by atoms with van der Waals surface area (Å²) >= 11 is 0. The molecule has 1 aromatic rings. The minimum atomic E-state index is -0.510. The van der Waals surface area contributed by atoms with Crippen molar-refractivity contribution >= 4 is 11.8 Å². The second-order valence-electron chi connectivity index (χ2n) is 4.58. The van der Waals surface area contributed by atoms with Crippen molar-refractivity contribution in [1.29, 1.82) is 0 Å². The molecule has 0 aromatic heterocycles. The third-order valence-corrected chi connectivity index (χ3v) is 3.47. The van der Waals surface area contributed by atoms with Crippen LogP contribution in [0.2, 0.25) is 0 Å². The van der Waals surface area contributed by atoms with Gasteiger partial charge in [0.25, 0.3) is 0 Å². The van der Waals surface area contributed by atoms with Gasteiger partial charge in [-0.2, -0.15) is 0 Å². The average Bonchev–Trinajstić information content (AvgIpc) is 2.34. The van der Waals surface area contributed by atoms with E-state index in [4.69, 9.17) is 0 Å². The molecule has 17 heavy (non-hydrogen) atoms. The van der Waals surface area contributed by atoms with Crippen molar-refractivity contribution in [3.05, 3.63) is 35.9 Å². The van der Waals surface area contributed by atoms with E-state index in [1.165, 1.54) is 0 Å². The molecular formula is C14H17NO2. The molecule has 1 atom stereocenters. The van der Waals surface area contributed by atoms with E-state index >= 15 is 0 Å². The molecule has 90 valence electrons. The molecule has 0 unspecified atom stereocenters. The van der Waals surface area contributed by atoms with Crippen molar-refractivity contribution in [2.24, 2.45) is 0 Å². The molecule has 0 radical (unpaired) electrons. The third-order valence-electron chi connectivity index (χ3n) is 3.47. The van der Waals surface area contributed by atoms with Gasteiger partial charge in [-0.25, -0.2) is 0 Å². The van der Waals surface area contributed by atoms with Crippen molar-refractivity contribution in [3.8, 4) is 0 Å². The fourth-order valence-corrected chi connectivity index (χ4v) is 2.59. The number of carbonyl (C=O) groups excluding carboxylic acids is 2. The Morgan fingerprint density at radius 1 is 1.24 bits per heavy atom. The Morgan fingerprint density at radius 3 is 2.53 bits per heavy atom. The van der Waals surface area contributed by atoms with Gasteiger partial charge in [-0.15, -0.1) is 0 Å². The molecule has 3 nitrogen and oxygen atoms in total. The van der Waals surface area contributed by atoms with Gasteiger partial charge in [0.15, 0.2) is 0 Å². The number of imide groups is 1. The van der Waals surface area contributed by atoms with Crippen LogP contribution in [-0.4, -0.2) is 11.8 Å². The number of amides is 2. The van der Waals surface area contributed by atoms with Gasteiger partial charge in [-0.05, 0) is 18.4 Å². The molecule has 0 aliphatic carbocycles. The summed E-state index contributed by atoms with van der Waals surface area (Å²) in [4.78, 5) is 23.4. The molecule has 3 heteroatoms. The van der Waals surface area contributed by atoms with Gasteiger partial charge in [0.05, 0.1) is 5.41 Å². The van der Waals surface area contributed by atoms with Crippen molar-refractivity contribution in [3.63, 3.8) is 0 Å². The molecular weight excluding hydrogens is 214 g/mol. The maximum atomic E-state index is 12.2. The van der Waals surface area contributed by atoms with Crippen LogP contribution in [0, 0.1) is 0 Å². The van der Waals surface area contributed by atoms with Gasteiger partial charge in [-0.3, -0.25) is 14.9 Å². The maximum Gasteiger partial charge on any atom is 0.237 e. The van der Waals surface area contributed by atoms with Crippen molar-refractivity contribution in [2.75, 3.05) is 0 Å². The van der Waals surface area contributed by atoms with Crippen LogP contribution in [-0.2, 0) is 15.0 Å². The number of rotatable bonds is 3. The maximum absolute atomic E-state index is 12.2. The molecule has 0 bridgehead atoms. The zero-order valence-corrected chi connectivity index (χ0v) is 10.0. The van der Waals surface area contributed by atoms with Crippen LogP contribution in [0.25, 0.3) is 0 Å². The monoisotopic (exact) mass is 231 g/mol. The smallest absolute Gasteiger partial charge is 0.237 e. The zero-order chi connectivity index (χ0) is 12.3. The molecule has 1 N–H and O–H groups in total. The molecule has 0 saturated carbocycles. The Hall–Kier alpha value is -1.64. The van der Waals surface area contributed by atoms with Gasteiger partial charge in [0.2, 0.25) is 11.8 Å². The predicted molar refractivity (Wildman–Crippen MR) is 65.4 cm³/mol. The quantitative estimate of drug-likeness (QED) is 0.810. The van der Waals surface area contributed by atoms with Crippen LogP contribution in [0.5, 0.6) is 0 Å². The predicted octanol–water partition coefficient (Wildman–Crippen LogP) is 2.16. The Morgan fingerprint density at radius 2 is 1.94 bits per heavy atom. The lowest BCUT2D eigenvalue weighted by Gasteiger charge is -2.35. The number of hydrogen-bond donors (Lipinski definition) is 1. The second kappa shape index (κ2) is 4.70. The van der Waals surface area contributed by atoms with Crippen LogP contribution in [0.4, 0.5) is 0 Å². The minimum Gasteiger partial charge on any atom is -0.296 e. The molecule has 1 fully saturated rings. The SMILES string of the molecule is CCC[C@@]1(c2ccccc2)CCC(=O)NC1=O. The van der Waals surface area contributed by atoms with Crippen LogP contribution < -0.4 is 5.32 Å². The highest BCUT2D eigenvalue weighted by atomic mass is 16.2. The average molecular weight is 231 g/mol. The molecule has 1 saturated heterocycles. The fourth-order valence-electron chi connectivity index (χ4n) is 2.59. The van der Waals surface area contributed by atoms with Gasteiger partial charge < -0.3 is 0 Å². The molecule has 1 aliphatic rings. The summed E-state index contributed by atoms with van der Waals surface area (Å²) in [6, 6.07) is 9.78. The topological polar surface area (TPSA) is 46.2 Å². The Labute approximate surface area is 101 Å². The summed E-state index contributed by atoms with van der Waals surface area (Å²) in [5.41, 5.74) is 0.510. The molecule has 2 amide bonds. The lowest BCUT2D eigenvalue weighted by Crippen LogP contribution is -2.51. The van der Waals surface area contributed by atoms with Crippen molar-refractivity contribution in [1.82, 2.24) is 5.32 Å². The van der Waals surface area contributed by atoms with E-state index in [1.807, 2.05) is 30.3 Å². The van der Waals surface area contributed by atoms with Crippen LogP contribution in [0.3, 0.4) is 0 Å². The molecule has 1 heterocycles. The Balaban J connectivity index is 2.39. The first-order valence-corrected chi connectivity index (χ1v) is 6.09. The lowest BCUT2D eigenvalue weighted by molar-refractivity contribution is -0.138. The van der Waals surface area contributed by atoms with Crippen LogP contribution in [0.15, 0.2) is 30.3 Å². The Bertz CT molecular complexity index is 427. The molecule has 1 aromatic carbocycles. The fraction of sp³-hybridized carbons (Fsp3) is 0.429. The first-order chi connectivity index (χ1) is 8.19. The molecule has 2 rings (SSSR count). The Kier molecular flexibility index (Phi) is 3.27. The van der Waals surface area contributed by atoms with E-state index in [0.29, 0.717) is 12.8 Å². The van der Waals surface area contributed by atoms with E-state index in [0.717, 1.165) is 18.4 Å². The second-order valence-corrected chi connectivity index (χ2v) is 4.58. The summed E-state index contributed by atoms with van der Waals surface area (Å²) < 4.78 is 0. The number of hydrogen-bond acceptors (Lipinski definition) is 2. The van der Waals surface area contributed by atoms with Crippen LogP contribution >= 0.6 is 0 Å². The minimum absolute atomic E-state index is 0.137. The number of piperidine rings is 1. The van der Waals surface area contributed by atoms with Crippen LogP contribution in [0.1, 0.15) is 38.2 Å². The van der Waals surface area contributed by atoms with E-state index in [9.17, 15) is 9.59 Å². The van der Waals surface area contributed by atoms with Gasteiger partial charge >= 0.3 is 0 Å². The number of benzene rings is 1. The van der Waals surface area contributed by atoms with E-state index in [2.05, 4.69) is 12.2 Å². The van der Waals surface area contributed by atoms with Gasteiger partial charge in [0, 0.05) is 6.42 Å². The first kappa shape index (κ1) is 11.8. The van der Waals surface area contributed by atoms with E-state index < -0.39 is 5.41 Å². The molecule has 1 aliphatic heterocycles. The van der Waals surface area contributed by atoms with E-state index in [-0.39, 0.29) is 11.8 Å². The summed E-state index contributed by atoms with van der Waals surface area (Å²) in [5, 5.41) is 2.48. The summed E-state index contributed by atoms with van der Waals surface area (Å²) in [6.45, 7) is 2.06. The van der Waals surface area contributed by atoms with Crippen molar-refractivity contribution < 1.29 is 9.59 Å². The summed E-state index contributed by atoms with van der Waals surface area (Å²) in [6.07, 6.45) is 2.77. The van der Waals surface area contributed by atoms with Gasteiger partial charge in [-0.1, -0.05) is 43.7 Å². The van der Waals surface area contributed by atoms with E-state index in [1.54, 1.807) is 0 Å². The highest BCUT2D eigenvalue weighted by Crippen LogP contribution is 2.36. The highest BCUT2D eigenvalue weighted by molar-refractivity contribution is 6.03. The molecule has 0 spiro atoms. The first-order valence-electron chi connectivity index (χ1n) is 6.09.